The Morgan fingerprint density at radius 1 is 1.15 bits per heavy atom. The van der Waals surface area contributed by atoms with Crippen LogP contribution in [-0.2, 0) is 4.79 Å². The molecule has 1 aliphatic rings. The Labute approximate surface area is 203 Å². The normalized spacial score (nSPS) is 18.9. The lowest BCUT2D eigenvalue weighted by atomic mass is 9.83. The fourth-order valence-corrected chi connectivity index (χ4v) is 4.42. The van der Waals surface area contributed by atoms with E-state index in [-0.39, 0.29) is 29.7 Å². The third-order valence-corrected chi connectivity index (χ3v) is 6.42. The van der Waals surface area contributed by atoms with E-state index >= 15 is 0 Å². The maximum atomic E-state index is 13.3. The van der Waals surface area contributed by atoms with Gasteiger partial charge in [-0.1, -0.05) is 38.5 Å². The number of nitrogens with zero attached hydrogens (tertiary/aromatic N) is 2. The first kappa shape index (κ1) is 25.7. The molecule has 0 radical (unpaired) electrons. The Hall–Kier alpha value is -2.88. The summed E-state index contributed by atoms with van der Waals surface area (Å²) in [5, 5.41) is 13.9. The van der Waals surface area contributed by atoms with Crippen molar-refractivity contribution in [1.29, 1.82) is 0 Å². The number of carbonyl (C=O) groups is 3. The zero-order chi connectivity index (χ0) is 24.7. The van der Waals surface area contributed by atoms with Gasteiger partial charge in [-0.25, -0.2) is 0 Å². The number of amides is 2. The molecule has 3 rings (SSSR count). The van der Waals surface area contributed by atoms with Crippen molar-refractivity contribution in [3.63, 3.8) is 0 Å². The Morgan fingerprint density at radius 2 is 1.85 bits per heavy atom. The van der Waals surface area contributed by atoms with Crippen LogP contribution in [0.5, 0.6) is 5.75 Å². The molecular formula is C24H32N4O5S. The fourth-order valence-electron chi connectivity index (χ4n) is 4.13. The van der Waals surface area contributed by atoms with E-state index in [4.69, 9.17) is 9.15 Å². The lowest BCUT2D eigenvalue weighted by Crippen LogP contribution is -2.52. The van der Waals surface area contributed by atoms with Gasteiger partial charge in [0.25, 0.3) is 17.0 Å². The van der Waals surface area contributed by atoms with Crippen LogP contribution in [0.4, 0.5) is 0 Å². The first-order chi connectivity index (χ1) is 16.3. The zero-order valence-electron chi connectivity index (χ0n) is 20.0. The molecule has 0 saturated heterocycles. The summed E-state index contributed by atoms with van der Waals surface area (Å²) in [6.45, 7) is 3.96. The average molecular weight is 489 g/mol. The van der Waals surface area contributed by atoms with Gasteiger partial charge in [-0.2, -0.15) is 0 Å². The third kappa shape index (κ3) is 6.59. The van der Waals surface area contributed by atoms with Crippen LogP contribution in [0.25, 0.3) is 0 Å². The molecule has 2 amide bonds. The number of carbonyl (C=O) groups excluding carboxylic acids is 3. The number of thioether (sulfide) groups is 1. The highest BCUT2D eigenvalue weighted by Gasteiger charge is 2.35. The molecule has 0 spiro atoms. The van der Waals surface area contributed by atoms with Crippen molar-refractivity contribution in [3.05, 3.63) is 35.7 Å². The number of hydrogen-bond donors (Lipinski definition) is 2. The summed E-state index contributed by atoms with van der Waals surface area (Å²) in [6.07, 6.45) is 5.36. The molecular weight excluding hydrogens is 456 g/mol. The smallest absolute Gasteiger partial charge is 0.286 e. The standard InChI is InChI=1S/C24H32N4O5S/c1-14(2)13-19(20(29)23-27-28-24(33-23)34-4)26-22(31)17-7-5-6-8-18(17)25-21(30)15-9-11-16(32-3)12-10-15/h9-12,14,17-19H,5-8,13H2,1-4H3,(H,25,30)(H,26,31)/t17-,18+,19+/m1/s1. The Balaban J connectivity index is 1.70. The minimum atomic E-state index is -0.775. The van der Waals surface area contributed by atoms with Gasteiger partial charge in [-0.15, -0.1) is 10.2 Å². The van der Waals surface area contributed by atoms with Gasteiger partial charge in [-0.3, -0.25) is 14.4 Å². The summed E-state index contributed by atoms with van der Waals surface area (Å²) in [5.41, 5.74) is 0.499. The highest BCUT2D eigenvalue weighted by molar-refractivity contribution is 7.98. The second kappa shape index (κ2) is 12.0. The van der Waals surface area contributed by atoms with Gasteiger partial charge < -0.3 is 19.8 Å². The van der Waals surface area contributed by atoms with Crippen LogP contribution in [0.15, 0.2) is 33.9 Å². The molecule has 1 saturated carbocycles. The number of ether oxygens (including phenoxy) is 1. The SMILES string of the molecule is COc1ccc(C(=O)N[C@H]2CCCC[C@H]2C(=O)N[C@@H](CC(C)C)C(=O)c2nnc(SC)o2)cc1. The monoisotopic (exact) mass is 488 g/mol. The molecule has 2 aromatic rings. The van der Waals surface area contributed by atoms with Crippen molar-refractivity contribution in [2.24, 2.45) is 11.8 Å². The molecule has 9 nitrogen and oxygen atoms in total. The molecule has 1 aromatic heterocycles. The van der Waals surface area contributed by atoms with Crippen LogP contribution in [0, 0.1) is 11.8 Å². The lowest BCUT2D eigenvalue weighted by molar-refractivity contribution is -0.127. The van der Waals surface area contributed by atoms with E-state index in [1.807, 2.05) is 13.8 Å². The van der Waals surface area contributed by atoms with Crippen molar-refractivity contribution in [2.45, 2.75) is 63.3 Å². The van der Waals surface area contributed by atoms with E-state index in [9.17, 15) is 14.4 Å². The predicted molar refractivity (Wildman–Crippen MR) is 128 cm³/mol. The van der Waals surface area contributed by atoms with Crippen LogP contribution < -0.4 is 15.4 Å². The Morgan fingerprint density at radius 3 is 2.47 bits per heavy atom. The zero-order valence-corrected chi connectivity index (χ0v) is 20.8. The summed E-state index contributed by atoms with van der Waals surface area (Å²) in [4.78, 5) is 39.1. The van der Waals surface area contributed by atoms with E-state index in [0.29, 0.717) is 35.8 Å². The summed E-state index contributed by atoms with van der Waals surface area (Å²) in [6, 6.07) is 5.74. The topological polar surface area (TPSA) is 123 Å². The van der Waals surface area contributed by atoms with Crippen LogP contribution in [0.1, 0.15) is 67.0 Å². The van der Waals surface area contributed by atoms with Gasteiger partial charge in [0, 0.05) is 11.6 Å². The predicted octanol–water partition coefficient (Wildman–Crippen LogP) is 3.50. The molecule has 184 valence electrons. The minimum absolute atomic E-state index is 0.108. The van der Waals surface area contributed by atoms with E-state index in [1.54, 1.807) is 37.6 Å². The second-order valence-corrected chi connectivity index (χ2v) is 9.59. The van der Waals surface area contributed by atoms with Gasteiger partial charge in [0.15, 0.2) is 0 Å². The Bertz CT molecular complexity index is 992. The first-order valence-corrected chi connectivity index (χ1v) is 12.7. The molecule has 0 bridgehead atoms. The van der Waals surface area contributed by atoms with Crippen molar-refractivity contribution < 1.29 is 23.5 Å². The molecule has 0 unspecified atom stereocenters. The quantitative estimate of drug-likeness (QED) is 0.385. The van der Waals surface area contributed by atoms with Gasteiger partial charge >= 0.3 is 0 Å². The number of Topliss-reactive ketones (excluding diaryl/α,β-unsaturated/α-hetero) is 1. The largest absolute Gasteiger partial charge is 0.497 e. The fraction of sp³-hybridized carbons (Fsp3) is 0.542. The number of rotatable bonds is 10. The molecule has 1 aromatic carbocycles. The maximum absolute atomic E-state index is 13.3. The van der Waals surface area contributed by atoms with E-state index in [2.05, 4.69) is 20.8 Å². The van der Waals surface area contributed by atoms with E-state index < -0.39 is 17.7 Å². The Kier molecular flexibility index (Phi) is 9.09. The number of aromatic nitrogens is 2. The van der Waals surface area contributed by atoms with E-state index in [0.717, 1.165) is 12.8 Å². The number of nitrogens with one attached hydrogen (secondary N) is 2. The van der Waals surface area contributed by atoms with Crippen LogP contribution in [-0.4, -0.2) is 53.2 Å². The first-order valence-electron chi connectivity index (χ1n) is 11.5. The van der Waals surface area contributed by atoms with Crippen molar-refractivity contribution in [2.75, 3.05) is 13.4 Å². The number of methoxy groups -OCH3 is 1. The minimum Gasteiger partial charge on any atom is -0.497 e. The number of ketones is 1. The van der Waals surface area contributed by atoms with Crippen LogP contribution in [0.2, 0.25) is 0 Å². The van der Waals surface area contributed by atoms with Crippen molar-refractivity contribution >= 4 is 29.4 Å². The summed E-state index contributed by atoms with van der Waals surface area (Å²) >= 11 is 1.25. The maximum Gasteiger partial charge on any atom is 0.286 e. The van der Waals surface area contributed by atoms with Gasteiger partial charge in [0.2, 0.25) is 11.7 Å². The molecule has 1 heterocycles. The van der Waals surface area contributed by atoms with Gasteiger partial charge in [0.1, 0.15) is 5.75 Å². The molecule has 1 fully saturated rings. The van der Waals surface area contributed by atoms with Crippen LogP contribution >= 0.6 is 11.8 Å². The third-order valence-electron chi connectivity index (χ3n) is 5.90. The molecule has 1 aliphatic carbocycles. The molecule has 0 aliphatic heterocycles. The number of hydrogen-bond acceptors (Lipinski definition) is 8. The highest BCUT2D eigenvalue weighted by Crippen LogP contribution is 2.26. The summed E-state index contributed by atoms with van der Waals surface area (Å²) in [7, 11) is 1.57. The van der Waals surface area contributed by atoms with Gasteiger partial charge in [-0.05, 0) is 55.7 Å². The molecule has 3 atom stereocenters. The number of benzene rings is 1. The van der Waals surface area contributed by atoms with Crippen molar-refractivity contribution in [1.82, 2.24) is 20.8 Å². The van der Waals surface area contributed by atoms with Crippen LogP contribution in [0.3, 0.4) is 0 Å². The highest BCUT2D eigenvalue weighted by atomic mass is 32.2. The van der Waals surface area contributed by atoms with Gasteiger partial charge in [0.05, 0.1) is 19.1 Å². The van der Waals surface area contributed by atoms with Crippen molar-refractivity contribution in [3.8, 4) is 5.75 Å². The lowest BCUT2D eigenvalue weighted by Gasteiger charge is -2.32. The average Bonchev–Trinajstić information content (AvgIpc) is 3.32. The van der Waals surface area contributed by atoms with E-state index in [1.165, 1.54) is 11.8 Å². The molecule has 10 heteroatoms. The molecule has 34 heavy (non-hydrogen) atoms. The summed E-state index contributed by atoms with van der Waals surface area (Å²) < 4.78 is 10.5. The summed E-state index contributed by atoms with van der Waals surface area (Å²) in [5.74, 6) is -0.594. The second-order valence-electron chi connectivity index (χ2n) is 8.83. The molecule has 2 N–H and O–H groups in total.